The van der Waals surface area contributed by atoms with Gasteiger partial charge in [-0.3, -0.25) is 4.79 Å². The topological polar surface area (TPSA) is 20.3 Å². The zero-order valence-corrected chi connectivity index (χ0v) is 8.79. The Morgan fingerprint density at radius 3 is 2.62 bits per heavy atom. The number of nitrogens with zero attached hydrogens (tertiary/aromatic N) is 1. The van der Waals surface area contributed by atoms with Gasteiger partial charge >= 0.3 is 0 Å². The van der Waals surface area contributed by atoms with Crippen LogP contribution in [0.25, 0.3) is 0 Å². The van der Waals surface area contributed by atoms with Gasteiger partial charge in [0.1, 0.15) is 5.78 Å². The Balaban J connectivity index is 2.17. The summed E-state index contributed by atoms with van der Waals surface area (Å²) in [6.45, 7) is 6.70. The molecule has 0 aromatic rings. The monoisotopic (exact) mass is 181 g/mol. The van der Waals surface area contributed by atoms with E-state index in [1.165, 1.54) is 6.54 Å². The maximum absolute atomic E-state index is 11.6. The molecule has 0 spiro atoms. The Bertz CT molecular complexity index is 226. The van der Waals surface area contributed by atoms with E-state index in [9.17, 15) is 4.79 Å². The summed E-state index contributed by atoms with van der Waals surface area (Å²) in [5, 5.41) is 0. The van der Waals surface area contributed by atoms with Gasteiger partial charge < -0.3 is 4.90 Å². The summed E-state index contributed by atoms with van der Waals surface area (Å²) in [6, 6.07) is 0. The molecular formula is C11H19NO. The van der Waals surface area contributed by atoms with E-state index in [2.05, 4.69) is 25.8 Å². The largest absolute Gasteiger partial charge is 0.306 e. The predicted molar refractivity (Wildman–Crippen MR) is 52.4 cm³/mol. The number of rotatable bonds is 0. The van der Waals surface area contributed by atoms with Crippen LogP contribution < -0.4 is 0 Å². The van der Waals surface area contributed by atoms with E-state index < -0.39 is 0 Å². The molecule has 13 heavy (non-hydrogen) atoms. The third-order valence-electron chi connectivity index (χ3n) is 3.99. The molecule has 74 valence electrons. The highest BCUT2D eigenvalue weighted by molar-refractivity contribution is 5.83. The fourth-order valence-electron chi connectivity index (χ4n) is 3.16. The van der Waals surface area contributed by atoms with Crippen molar-refractivity contribution in [2.45, 2.75) is 20.3 Å². The Kier molecular flexibility index (Phi) is 2.18. The summed E-state index contributed by atoms with van der Waals surface area (Å²) < 4.78 is 0. The van der Waals surface area contributed by atoms with Gasteiger partial charge in [-0.2, -0.15) is 0 Å². The lowest BCUT2D eigenvalue weighted by molar-refractivity contribution is -0.120. The molecule has 1 aliphatic heterocycles. The summed E-state index contributed by atoms with van der Waals surface area (Å²) in [4.78, 5) is 14.0. The van der Waals surface area contributed by atoms with E-state index in [1.807, 2.05) is 0 Å². The summed E-state index contributed by atoms with van der Waals surface area (Å²) in [5.74, 6) is 2.84. The van der Waals surface area contributed by atoms with Crippen molar-refractivity contribution in [2.75, 3.05) is 20.1 Å². The first kappa shape index (κ1) is 9.20. The number of fused-ring (bicyclic) bond motifs is 1. The molecule has 2 aliphatic rings. The second-order valence-electron chi connectivity index (χ2n) is 4.99. The standard InChI is InChI=1S/C11H19NO/c1-7-5-12(3)6-10-8(2)11(13)4-9(7)10/h7-10H,4-6H2,1-3H3. The van der Waals surface area contributed by atoms with Crippen LogP contribution >= 0.6 is 0 Å². The van der Waals surface area contributed by atoms with Crippen LogP contribution in [0.2, 0.25) is 0 Å². The van der Waals surface area contributed by atoms with Crippen molar-refractivity contribution in [1.82, 2.24) is 4.90 Å². The van der Waals surface area contributed by atoms with E-state index >= 15 is 0 Å². The Morgan fingerprint density at radius 1 is 1.23 bits per heavy atom. The van der Waals surface area contributed by atoms with Gasteiger partial charge in [0.15, 0.2) is 0 Å². The molecule has 2 heteroatoms. The number of Topliss-reactive ketones (excluding diaryl/α,β-unsaturated/α-hetero) is 1. The molecule has 0 aromatic heterocycles. The number of carbonyl (C=O) groups excluding carboxylic acids is 1. The van der Waals surface area contributed by atoms with Crippen LogP contribution in [0.4, 0.5) is 0 Å². The van der Waals surface area contributed by atoms with Crippen molar-refractivity contribution >= 4 is 5.78 Å². The molecule has 0 bridgehead atoms. The van der Waals surface area contributed by atoms with E-state index in [0.717, 1.165) is 13.0 Å². The number of likely N-dealkylation sites (tertiary alicyclic amines) is 1. The minimum absolute atomic E-state index is 0.315. The molecule has 2 rings (SSSR count). The number of hydrogen-bond acceptors (Lipinski definition) is 2. The van der Waals surface area contributed by atoms with Crippen molar-refractivity contribution in [2.24, 2.45) is 23.7 Å². The summed E-state index contributed by atoms with van der Waals surface area (Å²) in [6.07, 6.45) is 0.848. The zero-order valence-electron chi connectivity index (χ0n) is 8.79. The van der Waals surface area contributed by atoms with E-state index in [-0.39, 0.29) is 0 Å². The third-order valence-corrected chi connectivity index (χ3v) is 3.99. The molecule has 0 amide bonds. The summed E-state index contributed by atoms with van der Waals surface area (Å²) >= 11 is 0. The van der Waals surface area contributed by atoms with E-state index in [1.54, 1.807) is 0 Å². The minimum Gasteiger partial charge on any atom is -0.306 e. The number of ketones is 1. The lowest BCUT2D eigenvalue weighted by Gasteiger charge is -2.38. The predicted octanol–water partition coefficient (Wildman–Crippen LogP) is 1.41. The number of hydrogen-bond donors (Lipinski definition) is 0. The average molecular weight is 181 g/mol. The molecule has 1 saturated carbocycles. The van der Waals surface area contributed by atoms with Crippen LogP contribution in [-0.4, -0.2) is 30.8 Å². The highest BCUT2D eigenvalue weighted by Crippen LogP contribution is 2.41. The first-order chi connectivity index (χ1) is 6.09. The average Bonchev–Trinajstić information content (AvgIpc) is 2.32. The van der Waals surface area contributed by atoms with Crippen LogP contribution in [0.1, 0.15) is 20.3 Å². The van der Waals surface area contributed by atoms with Gasteiger partial charge in [0.05, 0.1) is 0 Å². The van der Waals surface area contributed by atoms with Gasteiger partial charge in [-0.1, -0.05) is 13.8 Å². The quantitative estimate of drug-likeness (QED) is 0.563. The molecule has 1 heterocycles. The van der Waals surface area contributed by atoms with Gasteiger partial charge in [-0.15, -0.1) is 0 Å². The lowest BCUT2D eigenvalue weighted by atomic mass is 9.79. The van der Waals surface area contributed by atoms with Crippen molar-refractivity contribution in [3.8, 4) is 0 Å². The fourth-order valence-corrected chi connectivity index (χ4v) is 3.16. The van der Waals surface area contributed by atoms with Gasteiger partial charge in [-0.25, -0.2) is 0 Å². The van der Waals surface area contributed by atoms with Crippen molar-refractivity contribution < 1.29 is 4.79 Å². The molecule has 0 N–H and O–H groups in total. The number of carbonyl (C=O) groups is 1. The molecule has 1 saturated heterocycles. The maximum atomic E-state index is 11.6. The Hall–Kier alpha value is -0.370. The van der Waals surface area contributed by atoms with E-state index in [4.69, 9.17) is 0 Å². The van der Waals surface area contributed by atoms with Gasteiger partial charge in [0, 0.05) is 25.4 Å². The fraction of sp³-hybridized carbons (Fsp3) is 0.909. The van der Waals surface area contributed by atoms with Gasteiger partial charge in [-0.05, 0) is 24.8 Å². The first-order valence-corrected chi connectivity index (χ1v) is 5.31. The Morgan fingerprint density at radius 2 is 1.92 bits per heavy atom. The third kappa shape index (κ3) is 1.41. The summed E-state index contributed by atoms with van der Waals surface area (Å²) in [5.41, 5.74) is 0. The Labute approximate surface area is 80.3 Å². The van der Waals surface area contributed by atoms with E-state index in [0.29, 0.717) is 29.5 Å². The van der Waals surface area contributed by atoms with Crippen molar-refractivity contribution in [1.29, 1.82) is 0 Å². The van der Waals surface area contributed by atoms with Crippen LogP contribution in [0.15, 0.2) is 0 Å². The zero-order chi connectivity index (χ0) is 9.59. The second-order valence-corrected chi connectivity index (χ2v) is 4.99. The summed E-state index contributed by atoms with van der Waals surface area (Å²) in [7, 11) is 2.17. The van der Waals surface area contributed by atoms with Crippen LogP contribution in [0.5, 0.6) is 0 Å². The second kappa shape index (κ2) is 3.09. The molecule has 4 unspecified atom stereocenters. The lowest BCUT2D eigenvalue weighted by Crippen LogP contribution is -2.42. The molecule has 0 aromatic carbocycles. The number of piperidine rings is 1. The van der Waals surface area contributed by atoms with Crippen LogP contribution in [-0.2, 0) is 4.79 Å². The van der Waals surface area contributed by atoms with Gasteiger partial charge in [0.2, 0.25) is 0 Å². The molecule has 2 fully saturated rings. The molecule has 0 radical (unpaired) electrons. The maximum Gasteiger partial charge on any atom is 0.136 e. The molecule has 2 nitrogen and oxygen atoms in total. The molecule has 1 aliphatic carbocycles. The molecular weight excluding hydrogens is 162 g/mol. The minimum atomic E-state index is 0.315. The first-order valence-electron chi connectivity index (χ1n) is 5.31. The van der Waals surface area contributed by atoms with Gasteiger partial charge in [0.25, 0.3) is 0 Å². The SMILES string of the molecule is CC1CN(C)CC2C(C)C(=O)CC12. The molecule has 4 atom stereocenters. The van der Waals surface area contributed by atoms with Crippen molar-refractivity contribution in [3.05, 3.63) is 0 Å². The highest BCUT2D eigenvalue weighted by Gasteiger charge is 2.44. The highest BCUT2D eigenvalue weighted by atomic mass is 16.1. The normalized spacial score (nSPS) is 46.5. The van der Waals surface area contributed by atoms with Crippen LogP contribution in [0, 0.1) is 23.7 Å². The van der Waals surface area contributed by atoms with Crippen LogP contribution in [0.3, 0.4) is 0 Å². The smallest absolute Gasteiger partial charge is 0.136 e. The van der Waals surface area contributed by atoms with Crippen molar-refractivity contribution in [3.63, 3.8) is 0 Å².